The fraction of sp³-hybridized carbons (Fsp3) is 0.542. The third-order valence-corrected chi connectivity index (χ3v) is 14.0. The highest BCUT2D eigenvalue weighted by atomic mass is 19.3. The molecule has 1 N–H and O–H groups in total. The van der Waals surface area contributed by atoms with Crippen molar-refractivity contribution in [3.8, 4) is 11.1 Å². The lowest BCUT2D eigenvalue weighted by Crippen LogP contribution is -2.51. The van der Waals surface area contributed by atoms with Crippen LogP contribution in [0.1, 0.15) is 98.2 Å². The predicted octanol–water partition coefficient (Wildman–Crippen LogP) is 6.21. The maximum Gasteiger partial charge on any atom is 0.264 e. The summed E-state index contributed by atoms with van der Waals surface area (Å²) in [4.78, 5) is 57.9. The van der Waals surface area contributed by atoms with E-state index in [1.807, 2.05) is 29.6 Å². The van der Waals surface area contributed by atoms with E-state index in [9.17, 15) is 28.0 Å². The van der Waals surface area contributed by atoms with Crippen LogP contribution in [0.3, 0.4) is 0 Å². The molecule has 6 heterocycles. The highest BCUT2D eigenvalue weighted by Gasteiger charge is 2.33. The van der Waals surface area contributed by atoms with E-state index < -0.39 is 12.5 Å². The number of hydrogen-bond donors (Lipinski definition) is 1. The zero-order chi connectivity index (χ0) is 45.1. The smallest absolute Gasteiger partial charge is 0.264 e. The van der Waals surface area contributed by atoms with Crippen LogP contribution in [0.25, 0.3) is 11.1 Å². The van der Waals surface area contributed by atoms with Gasteiger partial charge in [0.15, 0.2) is 5.82 Å². The molecule has 0 bridgehead atoms. The summed E-state index contributed by atoms with van der Waals surface area (Å²) in [5, 5.41) is 11.3. The van der Waals surface area contributed by atoms with Crippen molar-refractivity contribution in [1.29, 1.82) is 0 Å². The van der Waals surface area contributed by atoms with Crippen molar-refractivity contribution >= 4 is 41.3 Å². The van der Waals surface area contributed by atoms with Crippen molar-refractivity contribution in [2.24, 2.45) is 20.0 Å². The van der Waals surface area contributed by atoms with Crippen LogP contribution in [0.2, 0.25) is 0 Å². The van der Waals surface area contributed by atoms with Crippen LogP contribution >= 0.6 is 0 Å². The molecule has 0 spiro atoms. The van der Waals surface area contributed by atoms with Gasteiger partial charge >= 0.3 is 0 Å². The number of anilines is 3. The SMILES string of the molecule is CC(=O)N1CCc2c(c(N3CCCc4cc(-c5cnn(C)c5)c(C(F)F)cc43)nn2C)C1.Cc1ccc(N2CCN(CC3CCCCC3)CC2)cc1CN(C=O)C1CCC(=O)NC1=O. The molecule has 2 aromatic carbocycles. The first-order valence-corrected chi connectivity index (χ1v) is 23.0. The lowest BCUT2D eigenvalue weighted by molar-refractivity contribution is -0.141. The lowest BCUT2D eigenvalue weighted by Gasteiger charge is -2.38. The Morgan fingerprint density at radius 1 is 0.953 bits per heavy atom. The molecule has 342 valence electrons. The van der Waals surface area contributed by atoms with Gasteiger partial charge in [-0.15, -0.1) is 0 Å². The van der Waals surface area contributed by atoms with Crippen LogP contribution in [-0.4, -0.2) is 110 Å². The zero-order valence-corrected chi connectivity index (χ0v) is 37.7. The molecule has 1 unspecified atom stereocenters. The van der Waals surface area contributed by atoms with E-state index in [2.05, 4.69) is 43.3 Å². The van der Waals surface area contributed by atoms with Gasteiger partial charge in [0.05, 0.1) is 12.7 Å². The average Bonchev–Trinajstić information content (AvgIpc) is 3.88. The van der Waals surface area contributed by atoms with Crippen LogP contribution in [-0.2, 0) is 59.2 Å². The van der Waals surface area contributed by atoms with Crippen molar-refractivity contribution in [1.82, 2.24) is 39.6 Å². The number of aryl methyl sites for hydroxylation is 4. The Balaban J connectivity index is 0.000000175. The van der Waals surface area contributed by atoms with E-state index in [-0.39, 0.29) is 29.7 Å². The average molecular weight is 881 g/mol. The van der Waals surface area contributed by atoms with Gasteiger partial charge in [-0.05, 0) is 91.5 Å². The Morgan fingerprint density at radius 2 is 1.73 bits per heavy atom. The summed E-state index contributed by atoms with van der Waals surface area (Å²) in [5.74, 6) is 1.03. The monoisotopic (exact) mass is 880 g/mol. The number of amides is 4. The molecule has 14 nitrogen and oxygen atoms in total. The summed E-state index contributed by atoms with van der Waals surface area (Å²) in [7, 11) is 3.69. The molecule has 16 heteroatoms. The number of hydrogen-bond acceptors (Lipinski definition) is 9. The number of carbonyl (C=O) groups is 4. The second-order valence-electron chi connectivity index (χ2n) is 18.2. The first-order chi connectivity index (χ1) is 30.9. The number of nitrogens with zero attached hydrogens (tertiary/aromatic N) is 9. The molecule has 1 saturated carbocycles. The summed E-state index contributed by atoms with van der Waals surface area (Å²) < 4.78 is 31.7. The van der Waals surface area contributed by atoms with E-state index in [1.54, 1.807) is 37.1 Å². The summed E-state index contributed by atoms with van der Waals surface area (Å²) in [5.41, 5.74) is 8.46. The molecular weight excluding hydrogens is 819 g/mol. The third kappa shape index (κ3) is 9.86. The Hall–Kier alpha value is -5.64. The molecule has 4 aromatic rings. The van der Waals surface area contributed by atoms with Crippen LogP contribution in [0.5, 0.6) is 0 Å². The molecular formula is C48H62F2N10O4. The van der Waals surface area contributed by atoms with Gasteiger partial charge in [0.25, 0.3) is 6.43 Å². The van der Waals surface area contributed by atoms with Gasteiger partial charge in [0, 0.05) is 126 Å². The number of alkyl halides is 2. The Bertz CT molecular complexity index is 2350. The molecule has 4 amide bonds. The first-order valence-electron chi connectivity index (χ1n) is 23.0. The quantitative estimate of drug-likeness (QED) is 0.146. The van der Waals surface area contributed by atoms with Gasteiger partial charge < -0.3 is 19.6 Å². The number of rotatable bonds is 10. The molecule has 64 heavy (non-hydrogen) atoms. The summed E-state index contributed by atoms with van der Waals surface area (Å²) in [6.07, 6.45) is 11.6. The van der Waals surface area contributed by atoms with Crippen molar-refractivity contribution in [3.63, 3.8) is 0 Å². The molecule has 2 aromatic heterocycles. The Kier molecular flexibility index (Phi) is 13.8. The van der Waals surface area contributed by atoms with Crippen molar-refractivity contribution in [3.05, 3.63) is 76.2 Å². The Morgan fingerprint density at radius 3 is 2.42 bits per heavy atom. The van der Waals surface area contributed by atoms with Gasteiger partial charge in [-0.2, -0.15) is 10.2 Å². The lowest BCUT2D eigenvalue weighted by atomic mass is 9.89. The van der Waals surface area contributed by atoms with Crippen LogP contribution in [0.15, 0.2) is 42.7 Å². The molecule has 1 atom stereocenters. The number of fused-ring (bicyclic) bond motifs is 2. The topological polar surface area (TPSA) is 132 Å². The van der Waals surface area contributed by atoms with E-state index >= 15 is 0 Å². The van der Waals surface area contributed by atoms with E-state index in [4.69, 9.17) is 5.10 Å². The largest absolute Gasteiger partial charge is 0.369 e. The third-order valence-electron chi connectivity index (χ3n) is 14.0. The number of imide groups is 1. The highest BCUT2D eigenvalue weighted by molar-refractivity contribution is 6.00. The van der Waals surface area contributed by atoms with Gasteiger partial charge in [0.2, 0.25) is 24.1 Å². The fourth-order valence-electron chi connectivity index (χ4n) is 10.3. The molecule has 0 radical (unpaired) electrons. The number of piperazine rings is 1. The molecule has 4 aliphatic heterocycles. The number of aromatic nitrogens is 4. The van der Waals surface area contributed by atoms with Gasteiger partial charge in [-0.1, -0.05) is 25.3 Å². The van der Waals surface area contributed by atoms with Crippen molar-refractivity contribution in [2.45, 2.75) is 104 Å². The van der Waals surface area contributed by atoms with E-state index in [1.165, 1.54) is 49.2 Å². The molecule has 5 aliphatic rings. The minimum Gasteiger partial charge on any atom is -0.369 e. The van der Waals surface area contributed by atoms with Crippen LogP contribution in [0.4, 0.5) is 26.0 Å². The number of carbonyl (C=O) groups excluding carboxylic acids is 4. The van der Waals surface area contributed by atoms with Gasteiger partial charge in [-0.3, -0.25) is 38.8 Å². The van der Waals surface area contributed by atoms with Gasteiger partial charge in [-0.25, -0.2) is 8.78 Å². The van der Waals surface area contributed by atoms with Crippen molar-refractivity contribution < 1.29 is 28.0 Å². The number of halogens is 2. The first kappa shape index (κ1) is 44.9. The van der Waals surface area contributed by atoms with Gasteiger partial charge in [0.1, 0.15) is 6.04 Å². The fourth-order valence-corrected chi connectivity index (χ4v) is 10.3. The van der Waals surface area contributed by atoms with E-state index in [0.29, 0.717) is 43.7 Å². The minimum absolute atomic E-state index is 0.00110. The predicted molar refractivity (Wildman–Crippen MR) is 241 cm³/mol. The summed E-state index contributed by atoms with van der Waals surface area (Å²) in [6, 6.07) is 9.34. The Labute approximate surface area is 374 Å². The van der Waals surface area contributed by atoms with Crippen LogP contribution < -0.4 is 15.1 Å². The second kappa shape index (κ2) is 19.6. The summed E-state index contributed by atoms with van der Waals surface area (Å²) in [6.45, 7) is 11.3. The van der Waals surface area contributed by atoms with E-state index in [0.717, 1.165) is 97.2 Å². The zero-order valence-electron chi connectivity index (χ0n) is 37.7. The normalized spacial score (nSPS) is 19.5. The van der Waals surface area contributed by atoms with Crippen LogP contribution in [0, 0.1) is 12.8 Å². The number of nitrogens with one attached hydrogen (secondary N) is 1. The maximum atomic E-state index is 14.1. The number of piperidine rings is 1. The minimum atomic E-state index is -2.61. The van der Waals surface area contributed by atoms with Crippen molar-refractivity contribution in [2.75, 3.05) is 55.6 Å². The summed E-state index contributed by atoms with van der Waals surface area (Å²) >= 11 is 0. The molecule has 2 saturated heterocycles. The maximum absolute atomic E-state index is 14.1. The molecule has 3 fully saturated rings. The molecule has 9 rings (SSSR count). The second-order valence-corrected chi connectivity index (χ2v) is 18.2. The molecule has 1 aliphatic carbocycles. The highest BCUT2D eigenvalue weighted by Crippen LogP contribution is 2.43. The standard InChI is InChI=1S/C25H36N4O3.C23H26F2N6O/c1-19-7-8-22(28-13-11-27(12-14-28)16-20-5-3-2-4-6-20)15-21(19)17-29(18-30)23-9-10-24(31)26-25(23)32;1-14(32)30-8-6-20-19(13-30)23(27-29(20)3)31-7-4-5-15-9-17(16-11-26-28(2)12-16)18(22(24)25)10-21(15)31/h7-8,15,18,20,23H,2-6,9-14,16-17H2,1H3,(H,26,31,32);9-12,22H,4-8,13H2,1-3H3. The number of benzene rings is 2.